The molecule has 2 aromatic heterocycles. The van der Waals surface area contributed by atoms with Crippen molar-refractivity contribution in [3.63, 3.8) is 0 Å². The molecule has 0 saturated carbocycles. The van der Waals surface area contributed by atoms with E-state index in [1.165, 1.54) is 23.5 Å². The van der Waals surface area contributed by atoms with Crippen molar-refractivity contribution < 1.29 is 19.4 Å². The average Bonchev–Trinajstić information content (AvgIpc) is 3.11. The van der Waals surface area contributed by atoms with Gasteiger partial charge in [0.1, 0.15) is 17.0 Å². The van der Waals surface area contributed by atoms with Crippen LogP contribution >= 0.6 is 0 Å². The molecule has 3 rings (SSSR count). The molecule has 150 valence electrons. The maximum atomic E-state index is 12.8. The molecule has 1 aliphatic rings. The third-order valence-corrected chi connectivity index (χ3v) is 4.46. The standard InChI is InChI=1S/C18H24N6O4/c1-12(2)13-7-14(23-22-13)17(26)24-5-6-28-11-18(27,10-24)9-21-16(25)15-8-19-3-4-20-15/h3-4,7-8,12,27H,5-6,9-11H2,1-2H3,(H,21,25)(H,22,23)/t18-/m1/s1. The van der Waals surface area contributed by atoms with Crippen LogP contribution in [0.4, 0.5) is 0 Å². The summed E-state index contributed by atoms with van der Waals surface area (Å²) in [6, 6.07) is 1.72. The Kier molecular flexibility index (Phi) is 6.00. The van der Waals surface area contributed by atoms with E-state index >= 15 is 0 Å². The number of amides is 2. The lowest BCUT2D eigenvalue weighted by Gasteiger charge is -2.30. The Hall–Kier alpha value is -2.85. The van der Waals surface area contributed by atoms with Gasteiger partial charge in [0.15, 0.2) is 0 Å². The van der Waals surface area contributed by atoms with E-state index < -0.39 is 11.5 Å². The molecule has 0 radical (unpaired) electrons. The van der Waals surface area contributed by atoms with Gasteiger partial charge < -0.3 is 20.1 Å². The molecule has 0 unspecified atom stereocenters. The Morgan fingerprint density at radius 2 is 2.21 bits per heavy atom. The van der Waals surface area contributed by atoms with E-state index in [0.717, 1.165) is 5.69 Å². The van der Waals surface area contributed by atoms with Gasteiger partial charge in [-0.3, -0.25) is 19.7 Å². The maximum absolute atomic E-state index is 12.8. The predicted molar refractivity (Wildman–Crippen MR) is 98.7 cm³/mol. The number of aliphatic hydroxyl groups is 1. The molecule has 1 atom stereocenters. The molecule has 1 aliphatic heterocycles. The topological polar surface area (TPSA) is 133 Å². The summed E-state index contributed by atoms with van der Waals surface area (Å²) in [5, 5.41) is 20.5. The quantitative estimate of drug-likeness (QED) is 0.654. The molecule has 0 bridgehead atoms. The molecule has 0 aromatic carbocycles. The second-order valence-electron chi connectivity index (χ2n) is 7.14. The number of aromatic nitrogens is 4. The highest BCUT2D eigenvalue weighted by Gasteiger charge is 2.36. The number of nitrogens with one attached hydrogen (secondary N) is 2. The van der Waals surface area contributed by atoms with E-state index in [4.69, 9.17) is 4.74 Å². The summed E-state index contributed by atoms with van der Waals surface area (Å²) < 4.78 is 5.46. The van der Waals surface area contributed by atoms with Gasteiger partial charge in [-0.1, -0.05) is 13.8 Å². The molecule has 0 spiro atoms. The van der Waals surface area contributed by atoms with Gasteiger partial charge in [0.25, 0.3) is 11.8 Å². The van der Waals surface area contributed by atoms with Crippen molar-refractivity contribution in [3.05, 3.63) is 41.7 Å². The third-order valence-electron chi connectivity index (χ3n) is 4.46. The van der Waals surface area contributed by atoms with Crippen molar-refractivity contribution >= 4 is 11.8 Å². The van der Waals surface area contributed by atoms with Crippen molar-refractivity contribution in [3.8, 4) is 0 Å². The number of carbonyl (C=O) groups excluding carboxylic acids is 2. The lowest BCUT2D eigenvalue weighted by molar-refractivity contribution is -0.0324. The lowest BCUT2D eigenvalue weighted by atomic mass is 10.0. The molecule has 28 heavy (non-hydrogen) atoms. The van der Waals surface area contributed by atoms with Crippen molar-refractivity contribution in [2.24, 2.45) is 0 Å². The first kappa shape index (κ1) is 19.9. The van der Waals surface area contributed by atoms with Crippen LogP contribution in [-0.4, -0.2) is 80.4 Å². The minimum absolute atomic E-state index is 0.00463. The first-order valence-corrected chi connectivity index (χ1v) is 9.07. The number of carbonyl (C=O) groups is 2. The Balaban J connectivity index is 1.66. The molecule has 10 nitrogen and oxygen atoms in total. The first-order chi connectivity index (χ1) is 13.4. The van der Waals surface area contributed by atoms with Crippen LogP contribution in [0.1, 0.15) is 46.4 Å². The molecule has 3 N–H and O–H groups in total. The van der Waals surface area contributed by atoms with Gasteiger partial charge in [-0.2, -0.15) is 5.10 Å². The van der Waals surface area contributed by atoms with Crippen LogP contribution in [0.3, 0.4) is 0 Å². The molecule has 10 heteroatoms. The Labute approximate surface area is 162 Å². The van der Waals surface area contributed by atoms with Crippen LogP contribution in [0.25, 0.3) is 0 Å². The highest BCUT2D eigenvalue weighted by molar-refractivity contribution is 5.93. The van der Waals surface area contributed by atoms with Gasteiger partial charge >= 0.3 is 0 Å². The number of nitrogens with zero attached hydrogens (tertiary/aromatic N) is 4. The number of hydrogen-bond acceptors (Lipinski definition) is 7. The second kappa shape index (κ2) is 8.44. The SMILES string of the molecule is CC(C)c1cc(C(=O)N2CCOC[C@@](O)(CNC(=O)c3cnccn3)C2)n[nH]1. The molecule has 0 aliphatic carbocycles. The van der Waals surface area contributed by atoms with Gasteiger partial charge in [-0.25, -0.2) is 4.98 Å². The lowest BCUT2D eigenvalue weighted by Crippen LogP contribution is -2.53. The van der Waals surface area contributed by atoms with E-state index in [0.29, 0.717) is 6.54 Å². The normalized spacial score (nSPS) is 20.1. The fraction of sp³-hybridized carbons (Fsp3) is 0.500. The zero-order chi connectivity index (χ0) is 20.1. The van der Waals surface area contributed by atoms with Crippen molar-refractivity contribution in [2.45, 2.75) is 25.4 Å². The van der Waals surface area contributed by atoms with Gasteiger partial charge in [-0.15, -0.1) is 0 Å². The molecule has 2 amide bonds. The van der Waals surface area contributed by atoms with E-state index in [1.54, 1.807) is 6.07 Å². The molecule has 1 saturated heterocycles. The smallest absolute Gasteiger partial charge is 0.274 e. The first-order valence-electron chi connectivity index (χ1n) is 9.07. The number of rotatable bonds is 5. The summed E-state index contributed by atoms with van der Waals surface area (Å²) in [6.45, 7) is 4.52. The molecular weight excluding hydrogens is 364 g/mol. The molecule has 3 heterocycles. The fourth-order valence-corrected chi connectivity index (χ4v) is 2.85. The number of ether oxygens (including phenoxy) is 1. The van der Waals surface area contributed by atoms with Crippen LogP contribution in [0.15, 0.2) is 24.7 Å². The van der Waals surface area contributed by atoms with Gasteiger partial charge in [0.05, 0.1) is 32.5 Å². The molecule has 1 fully saturated rings. The van der Waals surface area contributed by atoms with Crippen LogP contribution in [0.2, 0.25) is 0 Å². The minimum atomic E-state index is -1.43. The molecule has 2 aromatic rings. The van der Waals surface area contributed by atoms with Crippen LogP contribution in [-0.2, 0) is 4.74 Å². The van der Waals surface area contributed by atoms with E-state index in [-0.39, 0.29) is 49.5 Å². The Bertz CT molecular complexity index is 824. The number of β-amino-alcohol motifs (C(OH)–C–C–N with tert-alkyl or cyclic N) is 1. The van der Waals surface area contributed by atoms with Crippen molar-refractivity contribution in [2.75, 3.05) is 32.8 Å². The average molecular weight is 388 g/mol. The number of aromatic amines is 1. The molecular formula is C18H24N6O4. The minimum Gasteiger partial charge on any atom is -0.384 e. The highest BCUT2D eigenvalue weighted by Crippen LogP contribution is 2.17. The zero-order valence-electron chi connectivity index (χ0n) is 15.9. The Morgan fingerprint density at radius 1 is 1.39 bits per heavy atom. The summed E-state index contributed by atoms with van der Waals surface area (Å²) in [4.78, 5) is 34.2. The second-order valence-corrected chi connectivity index (χ2v) is 7.14. The summed E-state index contributed by atoms with van der Waals surface area (Å²) >= 11 is 0. The predicted octanol–water partition coefficient (Wildman–Crippen LogP) is -0.0434. The van der Waals surface area contributed by atoms with Gasteiger partial charge in [0.2, 0.25) is 0 Å². The van der Waals surface area contributed by atoms with Crippen LogP contribution < -0.4 is 5.32 Å². The summed E-state index contributed by atoms with van der Waals surface area (Å²) in [5.74, 6) is -0.542. The van der Waals surface area contributed by atoms with Crippen molar-refractivity contribution in [1.29, 1.82) is 0 Å². The van der Waals surface area contributed by atoms with Gasteiger partial charge in [-0.05, 0) is 12.0 Å². The van der Waals surface area contributed by atoms with Crippen LogP contribution in [0, 0.1) is 0 Å². The fourth-order valence-electron chi connectivity index (χ4n) is 2.85. The van der Waals surface area contributed by atoms with Gasteiger partial charge in [0, 0.05) is 24.6 Å². The summed E-state index contributed by atoms with van der Waals surface area (Å²) in [5.41, 5.74) is -0.134. The van der Waals surface area contributed by atoms with Crippen LogP contribution in [0.5, 0.6) is 0 Å². The van der Waals surface area contributed by atoms with E-state index in [1.807, 2.05) is 13.8 Å². The number of H-pyrrole nitrogens is 1. The monoisotopic (exact) mass is 388 g/mol. The Morgan fingerprint density at radius 3 is 2.89 bits per heavy atom. The largest absolute Gasteiger partial charge is 0.384 e. The van der Waals surface area contributed by atoms with E-state index in [9.17, 15) is 14.7 Å². The maximum Gasteiger partial charge on any atom is 0.274 e. The van der Waals surface area contributed by atoms with Crippen molar-refractivity contribution in [1.82, 2.24) is 30.4 Å². The highest BCUT2D eigenvalue weighted by atomic mass is 16.5. The summed E-state index contributed by atoms with van der Waals surface area (Å²) in [6.07, 6.45) is 4.21. The summed E-state index contributed by atoms with van der Waals surface area (Å²) in [7, 11) is 0. The number of hydrogen-bond donors (Lipinski definition) is 3. The zero-order valence-corrected chi connectivity index (χ0v) is 15.9. The third kappa shape index (κ3) is 4.70. The van der Waals surface area contributed by atoms with E-state index in [2.05, 4.69) is 25.5 Å².